The molecule has 76 valence electrons. The fourth-order valence-corrected chi connectivity index (χ4v) is 3.37. The van der Waals surface area contributed by atoms with Gasteiger partial charge < -0.3 is 5.73 Å². The van der Waals surface area contributed by atoms with Gasteiger partial charge in [0.2, 0.25) is 0 Å². The van der Waals surface area contributed by atoms with Crippen molar-refractivity contribution in [3.63, 3.8) is 0 Å². The van der Waals surface area contributed by atoms with E-state index in [1.165, 1.54) is 17.1 Å². The van der Waals surface area contributed by atoms with E-state index in [1.807, 2.05) is 11.8 Å². The van der Waals surface area contributed by atoms with Crippen LogP contribution in [-0.4, -0.2) is 17.5 Å². The van der Waals surface area contributed by atoms with Gasteiger partial charge in [-0.3, -0.25) is 0 Å². The number of thioether (sulfide) groups is 1. The molecule has 0 radical (unpaired) electrons. The molecule has 1 nitrogen and oxygen atoms in total. The lowest BCUT2D eigenvalue weighted by molar-refractivity contribution is 0.548. The van der Waals surface area contributed by atoms with Gasteiger partial charge in [-0.05, 0) is 29.9 Å². The summed E-state index contributed by atoms with van der Waals surface area (Å²) < 4.78 is 1.14. The first-order valence-corrected chi connectivity index (χ1v) is 6.81. The van der Waals surface area contributed by atoms with Crippen LogP contribution in [0.2, 0.25) is 0 Å². The molecule has 2 rings (SSSR count). The third-order valence-electron chi connectivity index (χ3n) is 2.71. The molecule has 0 spiro atoms. The quantitative estimate of drug-likeness (QED) is 0.850. The van der Waals surface area contributed by atoms with Gasteiger partial charge >= 0.3 is 0 Å². The van der Waals surface area contributed by atoms with E-state index in [1.54, 1.807) is 0 Å². The summed E-state index contributed by atoms with van der Waals surface area (Å²) in [6.45, 7) is 0. The number of benzene rings is 1. The van der Waals surface area contributed by atoms with Crippen LogP contribution in [-0.2, 0) is 0 Å². The van der Waals surface area contributed by atoms with Gasteiger partial charge in [0.15, 0.2) is 0 Å². The monoisotopic (exact) mass is 271 g/mol. The van der Waals surface area contributed by atoms with Crippen molar-refractivity contribution in [1.82, 2.24) is 0 Å². The van der Waals surface area contributed by atoms with Crippen LogP contribution in [0.3, 0.4) is 0 Å². The summed E-state index contributed by atoms with van der Waals surface area (Å²) in [5, 5.41) is 0. The lowest BCUT2D eigenvalue weighted by atomic mass is 9.92. The highest BCUT2D eigenvalue weighted by molar-refractivity contribution is 9.10. The number of hydrogen-bond acceptors (Lipinski definition) is 2. The van der Waals surface area contributed by atoms with Gasteiger partial charge in [-0.25, -0.2) is 0 Å². The highest BCUT2D eigenvalue weighted by Crippen LogP contribution is 2.30. The van der Waals surface area contributed by atoms with Crippen molar-refractivity contribution in [2.75, 3.05) is 11.5 Å². The molecule has 0 bridgehead atoms. The van der Waals surface area contributed by atoms with Crippen molar-refractivity contribution in [2.24, 2.45) is 5.73 Å². The Morgan fingerprint density at radius 2 is 2.00 bits per heavy atom. The Morgan fingerprint density at radius 1 is 1.29 bits per heavy atom. The highest BCUT2D eigenvalue weighted by Gasteiger charge is 2.23. The predicted octanol–water partition coefficient (Wildman–Crippen LogP) is 3.00. The standard InChI is InChI=1S/C11H14BrNS/c12-9-3-1-8(2-4-9)10-7-14-6-5-11(10)13/h1-4,10-11H,5-7,13H2. The average Bonchev–Trinajstić information content (AvgIpc) is 2.20. The molecule has 1 aromatic carbocycles. The van der Waals surface area contributed by atoms with Crippen LogP contribution in [0.4, 0.5) is 0 Å². The topological polar surface area (TPSA) is 26.0 Å². The number of rotatable bonds is 1. The van der Waals surface area contributed by atoms with E-state index in [0.29, 0.717) is 12.0 Å². The lowest BCUT2D eigenvalue weighted by Crippen LogP contribution is -2.33. The maximum Gasteiger partial charge on any atom is 0.0175 e. The molecule has 2 N–H and O–H groups in total. The van der Waals surface area contributed by atoms with E-state index >= 15 is 0 Å². The first-order chi connectivity index (χ1) is 6.77. The van der Waals surface area contributed by atoms with Crippen molar-refractivity contribution in [3.8, 4) is 0 Å². The Balaban J connectivity index is 2.16. The molecule has 14 heavy (non-hydrogen) atoms. The van der Waals surface area contributed by atoms with Crippen molar-refractivity contribution in [1.29, 1.82) is 0 Å². The molecular formula is C11H14BrNS. The fraction of sp³-hybridized carbons (Fsp3) is 0.455. The van der Waals surface area contributed by atoms with E-state index < -0.39 is 0 Å². The first-order valence-electron chi connectivity index (χ1n) is 4.86. The van der Waals surface area contributed by atoms with E-state index in [0.717, 1.165) is 10.9 Å². The minimum absolute atomic E-state index is 0.345. The Hall–Kier alpha value is 0.01000. The minimum atomic E-state index is 0.345. The van der Waals surface area contributed by atoms with Crippen LogP contribution in [0.1, 0.15) is 17.9 Å². The number of nitrogens with two attached hydrogens (primary N) is 1. The Kier molecular flexibility index (Phi) is 3.52. The predicted molar refractivity (Wildman–Crippen MR) is 66.8 cm³/mol. The summed E-state index contributed by atoms with van der Waals surface area (Å²) in [5.74, 6) is 2.93. The minimum Gasteiger partial charge on any atom is -0.327 e. The molecule has 0 aromatic heterocycles. The fourth-order valence-electron chi connectivity index (χ4n) is 1.81. The zero-order valence-corrected chi connectivity index (χ0v) is 10.4. The Bertz CT molecular complexity index is 299. The van der Waals surface area contributed by atoms with Crippen LogP contribution in [0, 0.1) is 0 Å². The molecule has 1 fully saturated rings. The SMILES string of the molecule is NC1CCSCC1c1ccc(Br)cc1. The van der Waals surface area contributed by atoms with Gasteiger partial charge in [0.1, 0.15) is 0 Å². The Morgan fingerprint density at radius 3 is 2.64 bits per heavy atom. The van der Waals surface area contributed by atoms with Gasteiger partial charge in [0.05, 0.1) is 0 Å². The molecule has 2 atom stereocenters. The third-order valence-corrected chi connectivity index (χ3v) is 4.36. The second-order valence-electron chi connectivity index (χ2n) is 3.69. The maximum absolute atomic E-state index is 6.12. The number of halogens is 1. The van der Waals surface area contributed by atoms with Crippen molar-refractivity contribution >= 4 is 27.7 Å². The zero-order chi connectivity index (χ0) is 9.97. The molecule has 3 heteroatoms. The summed E-state index contributed by atoms with van der Waals surface area (Å²) in [4.78, 5) is 0. The normalized spacial score (nSPS) is 27.6. The lowest BCUT2D eigenvalue weighted by Gasteiger charge is -2.28. The summed E-state index contributed by atoms with van der Waals surface area (Å²) in [5.41, 5.74) is 7.51. The maximum atomic E-state index is 6.12. The smallest absolute Gasteiger partial charge is 0.0175 e. The molecule has 0 aliphatic carbocycles. The molecule has 1 heterocycles. The molecule has 1 aliphatic heterocycles. The number of hydrogen-bond donors (Lipinski definition) is 1. The van der Waals surface area contributed by atoms with Crippen LogP contribution >= 0.6 is 27.7 Å². The van der Waals surface area contributed by atoms with Gasteiger partial charge in [0, 0.05) is 22.2 Å². The van der Waals surface area contributed by atoms with E-state index in [4.69, 9.17) is 5.73 Å². The highest BCUT2D eigenvalue weighted by atomic mass is 79.9. The van der Waals surface area contributed by atoms with E-state index in [2.05, 4.69) is 40.2 Å². The molecule has 0 saturated carbocycles. The van der Waals surface area contributed by atoms with Crippen molar-refractivity contribution < 1.29 is 0 Å². The van der Waals surface area contributed by atoms with Crippen LogP contribution in [0.15, 0.2) is 28.7 Å². The third kappa shape index (κ3) is 2.33. The molecular weight excluding hydrogens is 258 g/mol. The van der Waals surface area contributed by atoms with Gasteiger partial charge in [-0.15, -0.1) is 0 Å². The summed E-state index contributed by atoms with van der Waals surface area (Å²) in [7, 11) is 0. The summed E-state index contributed by atoms with van der Waals surface area (Å²) in [6.07, 6.45) is 1.14. The van der Waals surface area contributed by atoms with Crippen LogP contribution in [0.5, 0.6) is 0 Å². The largest absolute Gasteiger partial charge is 0.327 e. The van der Waals surface area contributed by atoms with Crippen LogP contribution in [0.25, 0.3) is 0 Å². The van der Waals surface area contributed by atoms with Gasteiger partial charge in [0.25, 0.3) is 0 Å². The molecule has 1 saturated heterocycles. The molecule has 1 aliphatic rings. The van der Waals surface area contributed by atoms with E-state index in [9.17, 15) is 0 Å². The molecule has 1 aromatic rings. The van der Waals surface area contributed by atoms with E-state index in [-0.39, 0.29) is 0 Å². The summed E-state index contributed by atoms with van der Waals surface area (Å²) >= 11 is 5.46. The summed E-state index contributed by atoms with van der Waals surface area (Å²) in [6, 6.07) is 8.90. The zero-order valence-electron chi connectivity index (χ0n) is 7.95. The molecule has 0 amide bonds. The van der Waals surface area contributed by atoms with Crippen molar-refractivity contribution in [2.45, 2.75) is 18.4 Å². The van der Waals surface area contributed by atoms with Gasteiger partial charge in [-0.2, -0.15) is 11.8 Å². The van der Waals surface area contributed by atoms with Gasteiger partial charge in [-0.1, -0.05) is 28.1 Å². The Labute approximate surface area is 97.6 Å². The second kappa shape index (κ2) is 4.69. The first kappa shape index (κ1) is 10.5. The van der Waals surface area contributed by atoms with Crippen molar-refractivity contribution in [3.05, 3.63) is 34.3 Å². The van der Waals surface area contributed by atoms with Crippen LogP contribution < -0.4 is 5.73 Å². The average molecular weight is 272 g/mol. The molecule has 2 unspecified atom stereocenters. The second-order valence-corrected chi connectivity index (χ2v) is 5.75.